The topological polar surface area (TPSA) is 67.4 Å². The number of hydrogen-bond acceptors (Lipinski definition) is 3. The predicted molar refractivity (Wildman–Crippen MR) is 84.8 cm³/mol. The van der Waals surface area contributed by atoms with Crippen molar-refractivity contribution in [3.8, 4) is 0 Å². The number of benzene rings is 2. The van der Waals surface area contributed by atoms with Crippen LogP contribution in [0.3, 0.4) is 0 Å². The third-order valence-corrected chi connectivity index (χ3v) is 3.22. The fraction of sp³-hybridized carbons (Fsp3) is 0.176. The Bertz CT molecular complexity index is 683. The van der Waals surface area contributed by atoms with E-state index >= 15 is 0 Å². The lowest BCUT2D eigenvalue weighted by molar-refractivity contribution is 0.0963. The van der Waals surface area contributed by atoms with Crippen molar-refractivity contribution in [3.05, 3.63) is 65.2 Å². The van der Waals surface area contributed by atoms with Crippen LogP contribution >= 0.6 is 0 Å². The number of ether oxygens (including phenoxy) is 1. The fourth-order valence-electron chi connectivity index (χ4n) is 1.95. The van der Waals surface area contributed by atoms with Gasteiger partial charge in [0.2, 0.25) is 0 Å². The maximum Gasteiger partial charge on any atom is 0.411 e. The van der Waals surface area contributed by atoms with Gasteiger partial charge in [-0.05, 0) is 36.2 Å². The molecule has 2 rings (SSSR count). The first-order valence-corrected chi connectivity index (χ1v) is 6.90. The van der Waals surface area contributed by atoms with Crippen LogP contribution in [0.15, 0.2) is 48.5 Å². The summed E-state index contributed by atoms with van der Waals surface area (Å²) >= 11 is 0. The Hall–Kier alpha value is -2.82. The molecule has 0 aliphatic heterocycles. The molecule has 0 aromatic heterocycles. The second-order valence-electron chi connectivity index (χ2n) is 4.79. The lowest BCUT2D eigenvalue weighted by atomic mass is 10.1. The predicted octanol–water partition coefficient (Wildman–Crippen LogP) is 3.10. The van der Waals surface area contributed by atoms with Crippen LogP contribution in [0.1, 0.15) is 21.5 Å². The molecule has 0 heterocycles. The molecule has 2 aromatic carbocycles. The van der Waals surface area contributed by atoms with Gasteiger partial charge >= 0.3 is 6.09 Å². The van der Waals surface area contributed by atoms with Gasteiger partial charge in [-0.2, -0.15) is 0 Å². The number of hydrogen-bond donors (Lipinski definition) is 2. The van der Waals surface area contributed by atoms with Crippen molar-refractivity contribution in [3.63, 3.8) is 0 Å². The third-order valence-electron chi connectivity index (χ3n) is 3.22. The Morgan fingerprint density at radius 3 is 2.59 bits per heavy atom. The van der Waals surface area contributed by atoms with E-state index in [1.54, 1.807) is 31.3 Å². The first kappa shape index (κ1) is 15.6. The zero-order chi connectivity index (χ0) is 15.9. The fourth-order valence-corrected chi connectivity index (χ4v) is 1.95. The molecular weight excluding hydrogens is 280 g/mol. The van der Waals surface area contributed by atoms with Gasteiger partial charge in [0.1, 0.15) is 6.61 Å². The second-order valence-corrected chi connectivity index (χ2v) is 4.79. The van der Waals surface area contributed by atoms with Crippen molar-refractivity contribution in [1.82, 2.24) is 5.32 Å². The molecule has 2 aromatic rings. The average Bonchev–Trinajstić information content (AvgIpc) is 2.53. The van der Waals surface area contributed by atoms with Gasteiger partial charge < -0.3 is 10.1 Å². The van der Waals surface area contributed by atoms with E-state index in [1.807, 2.05) is 31.2 Å². The summed E-state index contributed by atoms with van der Waals surface area (Å²) in [5.74, 6) is -0.211. The van der Waals surface area contributed by atoms with Crippen LogP contribution in [0.25, 0.3) is 0 Å². The largest absolute Gasteiger partial charge is 0.444 e. The molecule has 0 saturated carbocycles. The average molecular weight is 298 g/mol. The summed E-state index contributed by atoms with van der Waals surface area (Å²) < 4.78 is 5.19. The van der Waals surface area contributed by atoms with Crippen molar-refractivity contribution in [2.24, 2.45) is 0 Å². The van der Waals surface area contributed by atoms with Crippen molar-refractivity contribution in [2.75, 3.05) is 12.4 Å². The van der Waals surface area contributed by atoms with Crippen molar-refractivity contribution in [1.29, 1.82) is 0 Å². The Balaban J connectivity index is 1.95. The highest BCUT2D eigenvalue weighted by atomic mass is 16.5. The Morgan fingerprint density at radius 2 is 1.86 bits per heavy atom. The van der Waals surface area contributed by atoms with E-state index in [-0.39, 0.29) is 12.5 Å². The minimum absolute atomic E-state index is 0.202. The van der Waals surface area contributed by atoms with Crippen molar-refractivity contribution in [2.45, 2.75) is 13.5 Å². The summed E-state index contributed by atoms with van der Waals surface area (Å²) in [6, 6.07) is 14.4. The van der Waals surface area contributed by atoms with Crippen LogP contribution in [0.5, 0.6) is 0 Å². The highest BCUT2D eigenvalue weighted by Gasteiger charge is 2.08. The smallest absolute Gasteiger partial charge is 0.411 e. The maximum atomic E-state index is 11.8. The van der Waals surface area contributed by atoms with E-state index in [1.165, 1.54) is 0 Å². The van der Waals surface area contributed by atoms with Crippen molar-refractivity contribution < 1.29 is 14.3 Å². The Morgan fingerprint density at radius 1 is 1.09 bits per heavy atom. The molecule has 0 bridgehead atoms. The monoisotopic (exact) mass is 298 g/mol. The molecule has 0 saturated heterocycles. The molecule has 5 nitrogen and oxygen atoms in total. The van der Waals surface area contributed by atoms with E-state index in [0.717, 1.165) is 11.1 Å². The number of amides is 2. The zero-order valence-electron chi connectivity index (χ0n) is 12.6. The molecule has 0 radical (unpaired) electrons. The van der Waals surface area contributed by atoms with Gasteiger partial charge in [0.05, 0.1) is 0 Å². The number of aryl methyl sites for hydroxylation is 1. The normalized spacial score (nSPS) is 9.91. The van der Waals surface area contributed by atoms with Gasteiger partial charge in [-0.1, -0.05) is 30.3 Å². The highest BCUT2D eigenvalue weighted by Crippen LogP contribution is 2.12. The number of rotatable bonds is 4. The number of anilines is 1. The van der Waals surface area contributed by atoms with Gasteiger partial charge in [0.15, 0.2) is 0 Å². The molecule has 0 unspecified atom stereocenters. The minimum atomic E-state index is -0.558. The van der Waals surface area contributed by atoms with Gasteiger partial charge in [-0.15, -0.1) is 0 Å². The molecular formula is C17H18N2O3. The molecule has 0 aliphatic carbocycles. The summed E-state index contributed by atoms with van der Waals surface area (Å²) in [6.07, 6.45) is -0.558. The standard InChI is InChI=1S/C17H18N2O3/c1-12-6-3-4-7-14(12)11-22-17(21)19-15-9-5-8-13(10-15)16(20)18-2/h3-10H,11H2,1-2H3,(H,18,20)(H,19,21). The van der Waals surface area contributed by atoms with E-state index in [2.05, 4.69) is 10.6 Å². The first-order chi connectivity index (χ1) is 10.6. The van der Waals surface area contributed by atoms with Crippen LogP contribution in [0.4, 0.5) is 10.5 Å². The van der Waals surface area contributed by atoms with Crippen molar-refractivity contribution >= 4 is 17.7 Å². The summed E-state index contributed by atoms with van der Waals surface area (Å²) in [5, 5.41) is 5.14. The minimum Gasteiger partial charge on any atom is -0.444 e. The maximum absolute atomic E-state index is 11.8. The van der Waals surface area contributed by atoms with Crippen LogP contribution in [-0.4, -0.2) is 19.0 Å². The molecule has 2 N–H and O–H groups in total. The second kappa shape index (κ2) is 7.26. The molecule has 0 atom stereocenters. The summed E-state index contributed by atoms with van der Waals surface area (Å²) in [4.78, 5) is 23.4. The first-order valence-electron chi connectivity index (χ1n) is 6.90. The molecule has 0 spiro atoms. The van der Waals surface area contributed by atoms with Gasteiger partial charge in [-0.3, -0.25) is 10.1 Å². The highest BCUT2D eigenvalue weighted by molar-refractivity contribution is 5.96. The quantitative estimate of drug-likeness (QED) is 0.911. The molecule has 5 heteroatoms. The van der Waals surface area contributed by atoms with Gasteiger partial charge in [0, 0.05) is 18.3 Å². The molecule has 22 heavy (non-hydrogen) atoms. The number of carbonyl (C=O) groups is 2. The van der Waals surface area contributed by atoms with Gasteiger partial charge in [0.25, 0.3) is 5.91 Å². The molecule has 0 fully saturated rings. The lowest BCUT2D eigenvalue weighted by Crippen LogP contribution is -2.18. The SMILES string of the molecule is CNC(=O)c1cccc(NC(=O)OCc2ccccc2C)c1. The van der Waals surface area contributed by atoms with E-state index in [9.17, 15) is 9.59 Å². The summed E-state index contributed by atoms with van der Waals surface area (Å²) in [6.45, 7) is 2.16. The summed E-state index contributed by atoms with van der Waals surface area (Å²) in [5.41, 5.74) is 3.00. The van der Waals surface area contributed by atoms with Crippen LogP contribution < -0.4 is 10.6 Å². The van der Waals surface area contributed by atoms with Gasteiger partial charge in [-0.25, -0.2) is 4.79 Å². The summed E-state index contributed by atoms with van der Waals surface area (Å²) in [7, 11) is 1.55. The van der Waals surface area contributed by atoms with Crippen LogP contribution in [-0.2, 0) is 11.3 Å². The Kier molecular flexibility index (Phi) is 5.14. The van der Waals surface area contributed by atoms with E-state index < -0.39 is 6.09 Å². The van der Waals surface area contributed by atoms with Crippen LogP contribution in [0, 0.1) is 6.92 Å². The lowest BCUT2D eigenvalue weighted by Gasteiger charge is -2.09. The molecule has 2 amide bonds. The third kappa shape index (κ3) is 4.09. The molecule has 114 valence electrons. The van der Waals surface area contributed by atoms with E-state index in [0.29, 0.717) is 11.3 Å². The number of nitrogens with one attached hydrogen (secondary N) is 2. The number of carbonyl (C=O) groups excluding carboxylic acids is 2. The van der Waals surface area contributed by atoms with Crippen LogP contribution in [0.2, 0.25) is 0 Å². The van der Waals surface area contributed by atoms with E-state index in [4.69, 9.17) is 4.74 Å². The Labute approximate surface area is 129 Å². The molecule has 0 aliphatic rings. The zero-order valence-corrected chi connectivity index (χ0v) is 12.6.